The largest absolute Gasteiger partial charge is 0.490 e. The number of thioether (sulfide) groups is 1. The molecule has 0 N–H and O–H groups in total. The fourth-order valence-corrected chi connectivity index (χ4v) is 1.05. The number of hydrogen-bond donors (Lipinski definition) is 0. The van der Waals surface area contributed by atoms with E-state index < -0.39 is 0 Å². The van der Waals surface area contributed by atoms with Crippen LogP contribution in [0.5, 0.6) is 5.75 Å². The molecule has 0 aliphatic rings. The van der Waals surface area contributed by atoms with Gasteiger partial charge in [-0.3, -0.25) is 0 Å². The van der Waals surface area contributed by atoms with Crippen molar-refractivity contribution >= 4 is 11.8 Å². The molecule has 1 rings (SSSR count). The molecule has 66 valence electrons. The van der Waals surface area contributed by atoms with Gasteiger partial charge in [-0.15, -0.1) is 0 Å². The molecule has 0 amide bonds. The Hall–Kier alpha value is -0.700. The van der Waals surface area contributed by atoms with Gasteiger partial charge in [-0.1, -0.05) is 12.1 Å². The van der Waals surface area contributed by atoms with Crippen LogP contribution in [0.1, 0.15) is 0 Å². The minimum absolute atomic E-state index is 0.293. The van der Waals surface area contributed by atoms with Gasteiger partial charge in [0.2, 0.25) is 0 Å². The van der Waals surface area contributed by atoms with Crippen LogP contribution in [-0.4, -0.2) is 18.6 Å². The first-order valence-corrected chi connectivity index (χ1v) is 5.10. The SMILES string of the molecule is CSCCOc1ccccc1F. The number of para-hydroxylation sites is 1. The van der Waals surface area contributed by atoms with Gasteiger partial charge in [-0.05, 0) is 18.4 Å². The second kappa shape index (κ2) is 5.04. The Morgan fingerprint density at radius 3 is 2.83 bits per heavy atom. The zero-order valence-electron chi connectivity index (χ0n) is 6.92. The molecule has 0 unspecified atom stereocenters. The van der Waals surface area contributed by atoms with E-state index in [2.05, 4.69) is 0 Å². The van der Waals surface area contributed by atoms with Crippen molar-refractivity contribution in [1.29, 1.82) is 0 Å². The van der Waals surface area contributed by atoms with Crippen molar-refractivity contribution < 1.29 is 9.13 Å². The summed E-state index contributed by atoms with van der Waals surface area (Å²) < 4.78 is 18.1. The van der Waals surface area contributed by atoms with Crippen molar-refractivity contribution in [1.82, 2.24) is 0 Å². The fraction of sp³-hybridized carbons (Fsp3) is 0.333. The summed E-state index contributed by atoms with van der Waals surface area (Å²) in [6.07, 6.45) is 1.99. The highest BCUT2D eigenvalue weighted by atomic mass is 32.2. The standard InChI is InChI=1S/C9H11FOS/c1-12-7-6-11-9-5-3-2-4-8(9)10/h2-5H,6-7H2,1H3. The van der Waals surface area contributed by atoms with Gasteiger partial charge in [0.1, 0.15) is 0 Å². The molecular weight excluding hydrogens is 175 g/mol. The van der Waals surface area contributed by atoms with Crippen molar-refractivity contribution in [3.8, 4) is 5.75 Å². The summed E-state index contributed by atoms with van der Waals surface area (Å²) in [6, 6.07) is 6.44. The molecule has 0 saturated heterocycles. The lowest BCUT2D eigenvalue weighted by molar-refractivity contribution is 0.325. The molecule has 0 spiro atoms. The number of benzene rings is 1. The summed E-state index contributed by atoms with van der Waals surface area (Å²) in [6.45, 7) is 0.558. The van der Waals surface area contributed by atoms with Crippen molar-refractivity contribution in [3.63, 3.8) is 0 Å². The van der Waals surface area contributed by atoms with E-state index in [-0.39, 0.29) is 5.82 Å². The first kappa shape index (κ1) is 9.39. The first-order valence-electron chi connectivity index (χ1n) is 3.71. The second-order valence-corrected chi connectivity index (χ2v) is 3.26. The van der Waals surface area contributed by atoms with E-state index in [0.717, 1.165) is 5.75 Å². The average Bonchev–Trinajstić information content (AvgIpc) is 2.09. The lowest BCUT2D eigenvalue weighted by Gasteiger charge is -2.04. The molecule has 0 bridgehead atoms. The van der Waals surface area contributed by atoms with Gasteiger partial charge >= 0.3 is 0 Å². The molecule has 0 saturated carbocycles. The zero-order chi connectivity index (χ0) is 8.81. The zero-order valence-corrected chi connectivity index (χ0v) is 7.73. The van der Waals surface area contributed by atoms with Crippen LogP contribution < -0.4 is 4.74 Å². The molecule has 1 nitrogen and oxygen atoms in total. The van der Waals surface area contributed by atoms with Crippen molar-refractivity contribution in [2.45, 2.75) is 0 Å². The van der Waals surface area contributed by atoms with Crippen LogP contribution in [-0.2, 0) is 0 Å². The van der Waals surface area contributed by atoms with E-state index >= 15 is 0 Å². The van der Waals surface area contributed by atoms with Gasteiger partial charge in [0.15, 0.2) is 11.6 Å². The summed E-state index contributed by atoms with van der Waals surface area (Å²) in [7, 11) is 0. The minimum Gasteiger partial charge on any atom is -0.490 e. The van der Waals surface area contributed by atoms with E-state index in [0.29, 0.717) is 12.4 Å². The predicted molar refractivity (Wildman–Crippen MR) is 50.3 cm³/mol. The Bertz CT molecular complexity index is 240. The second-order valence-electron chi connectivity index (χ2n) is 2.27. The Labute approximate surface area is 75.9 Å². The van der Waals surface area contributed by atoms with Crippen molar-refractivity contribution in [2.75, 3.05) is 18.6 Å². The molecule has 0 radical (unpaired) electrons. The molecule has 1 aromatic carbocycles. The number of hydrogen-bond acceptors (Lipinski definition) is 2. The first-order chi connectivity index (χ1) is 5.84. The Kier molecular flexibility index (Phi) is 3.94. The van der Waals surface area contributed by atoms with Crippen LogP contribution in [0, 0.1) is 5.82 Å². The molecule has 0 fully saturated rings. The highest BCUT2D eigenvalue weighted by Gasteiger charge is 1.99. The van der Waals surface area contributed by atoms with Gasteiger partial charge in [0.25, 0.3) is 0 Å². The minimum atomic E-state index is -0.293. The van der Waals surface area contributed by atoms with E-state index in [4.69, 9.17) is 4.74 Å². The van der Waals surface area contributed by atoms with Crippen molar-refractivity contribution in [2.24, 2.45) is 0 Å². The van der Waals surface area contributed by atoms with Gasteiger partial charge < -0.3 is 4.74 Å². The van der Waals surface area contributed by atoms with E-state index in [1.807, 2.05) is 6.26 Å². The molecule has 12 heavy (non-hydrogen) atoms. The smallest absolute Gasteiger partial charge is 0.165 e. The third kappa shape index (κ3) is 2.74. The number of ether oxygens (including phenoxy) is 1. The molecule has 1 aromatic rings. The fourth-order valence-electron chi connectivity index (χ4n) is 0.797. The Morgan fingerprint density at radius 2 is 2.17 bits per heavy atom. The van der Waals surface area contributed by atoms with Crippen LogP contribution in [0.25, 0.3) is 0 Å². The maximum atomic E-state index is 12.9. The van der Waals surface area contributed by atoms with Gasteiger partial charge in [0, 0.05) is 5.75 Å². The molecule has 0 atom stereocenters. The molecule has 0 aromatic heterocycles. The maximum absolute atomic E-state index is 12.9. The quantitative estimate of drug-likeness (QED) is 0.668. The topological polar surface area (TPSA) is 9.23 Å². The highest BCUT2D eigenvalue weighted by molar-refractivity contribution is 7.98. The summed E-state index contributed by atoms with van der Waals surface area (Å²) >= 11 is 1.68. The molecule has 0 aliphatic carbocycles. The van der Waals surface area contributed by atoms with E-state index in [1.54, 1.807) is 30.0 Å². The normalized spacial score (nSPS) is 9.83. The van der Waals surface area contributed by atoms with Crippen molar-refractivity contribution in [3.05, 3.63) is 30.1 Å². The predicted octanol–water partition coefficient (Wildman–Crippen LogP) is 2.57. The Morgan fingerprint density at radius 1 is 1.42 bits per heavy atom. The summed E-state index contributed by atoms with van der Waals surface area (Å²) in [4.78, 5) is 0. The molecular formula is C9H11FOS. The summed E-state index contributed by atoms with van der Waals surface area (Å²) in [5.41, 5.74) is 0. The van der Waals surface area contributed by atoms with Crippen LogP contribution in [0.4, 0.5) is 4.39 Å². The molecule has 0 aliphatic heterocycles. The van der Waals surface area contributed by atoms with Crippen LogP contribution in [0.15, 0.2) is 24.3 Å². The van der Waals surface area contributed by atoms with Crippen LogP contribution >= 0.6 is 11.8 Å². The molecule has 3 heteroatoms. The third-order valence-corrected chi connectivity index (χ3v) is 1.96. The third-order valence-electron chi connectivity index (χ3n) is 1.38. The number of halogens is 1. The lowest BCUT2D eigenvalue weighted by atomic mass is 10.3. The monoisotopic (exact) mass is 186 g/mol. The van der Waals surface area contributed by atoms with Crippen LogP contribution in [0.3, 0.4) is 0 Å². The van der Waals surface area contributed by atoms with Gasteiger partial charge in [0.05, 0.1) is 6.61 Å². The number of rotatable bonds is 4. The highest BCUT2D eigenvalue weighted by Crippen LogP contribution is 2.15. The van der Waals surface area contributed by atoms with Crippen LogP contribution in [0.2, 0.25) is 0 Å². The van der Waals surface area contributed by atoms with E-state index in [9.17, 15) is 4.39 Å². The van der Waals surface area contributed by atoms with Gasteiger partial charge in [-0.2, -0.15) is 11.8 Å². The summed E-state index contributed by atoms with van der Waals surface area (Å²) in [5, 5.41) is 0. The summed E-state index contributed by atoms with van der Waals surface area (Å²) in [5.74, 6) is 0.930. The molecule has 0 heterocycles. The average molecular weight is 186 g/mol. The maximum Gasteiger partial charge on any atom is 0.165 e. The van der Waals surface area contributed by atoms with E-state index in [1.165, 1.54) is 6.07 Å². The van der Waals surface area contributed by atoms with Gasteiger partial charge in [-0.25, -0.2) is 4.39 Å². The lowest BCUT2D eigenvalue weighted by Crippen LogP contribution is -2.00. The Balaban J connectivity index is 2.46.